The summed E-state index contributed by atoms with van der Waals surface area (Å²) in [5, 5.41) is 3.15. The molecular weight excluding hydrogens is 453 g/mol. The second-order valence-electron chi connectivity index (χ2n) is 7.77. The third-order valence-electron chi connectivity index (χ3n) is 5.91. The lowest BCUT2D eigenvalue weighted by Crippen LogP contribution is -2.47. The molecule has 0 atom stereocenters. The monoisotopic (exact) mass is 473 g/mol. The predicted octanol–water partition coefficient (Wildman–Crippen LogP) is 5.60. The third kappa shape index (κ3) is 2.97. The lowest BCUT2D eigenvalue weighted by Gasteiger charge is -2.56. The SMILES string of the molecule is O=C(CC12CC3CC(CC(C3)C1)C2)Nc1ccc(Br)cc1I. The molecule has 0 spiro atoms. The Labute approximate surface area is 154 Å². The predicted molar refractivity (Wildman–Crippen MR) is 101 cm³/mol. The van der Waals surface area contributed by atoms with Crippen LogP contribution in [-0.2, 0) is 4.79 Å². The second kappa shape index (κ2) is 5.76. The molecule has 1 amide bonds. The Hall–Kier alpha value is -0.100. The van der Waals surface area contributed by atoms with Gasteiger partial charge in [-0.3, -0.25) is 4.79 Å². The van der Waals surface area contributed by atoms with Crippen LogP contribution in [0.15, 0.2) is 22.7 Å². The maximum Gasteiger partial charge on any atom is 0.224 e. The van der Waals surface area contributed by atoms with Crippen molar-refractivity contribution in [3.63, 3.8) is 0 Å². The van der Waals surface area contributed by atoms with E-state index < -0.39 is 0 Å². The molecule has 2 nitrogen and oxygen atoms in total. The van der Waals surface area contributed by atoms with Gasteiger partial charge in [0.1, 0.15) is 0 Å². The van der Waals surface area contributed by atoms with E-state index in [2.05, 4.69) is 43.8 Å². The van der Waals surface area contributed by atoms with Gasteiger partial charge < -0.3 is 5.32 Å². The van der Waals surface area contributed by atoms with Gasteiger partial charge in [0.25, 0.3) is 0 Å². The van der Waals surface area contributed by atoms with Crippen LogP contribution in [-0.4, -0.2) is 5.91 Å². The van der Waals surface area contributed by atoms with Crippen molar-refractivity contribution in [2.24, 2.45) is 23.2 Å². The fraction of sp³-hybridized carbons (Fsp3) is 0.611. The number of benzene rings is 1. The molecule has 0 aliphatic heterocycles. The van der Waals surface area contributed by atoms with E-state index in [1.54, 1.807) is 0 Å². The number of carbonyl (C=O) groups is 1. The van der Waals surface area contributed by atoms with Crippen molar-refractivity contribution in [2.75, 3.05) is 5.32 Å². The molecule has 4 bridgehead atoms. The Balaban J connectivity index is 1.46. The number of carbonyl (C=O) groups excluding carboxylic acids is 1. The summed E-state index contributed by atoms with van der Waals surface area (Å²) < 4.78 is 2.14. The molecule has 1 aromatic carbocycles. The molecule has 4 saturated carbocycles. The van der Waals surface area contributed by atoms with E-state index in [9.17, 15) is 4.79 Å². The normalized spacial score (nSPS) is 35.6. The minimum atomic E-state index is 0.210. The Morgan fingerprint density at radius 2 is 1.77 bits per heavy atom. The van der Waals surface area contributed by atoms with Crippen molar-refractivity contribution in [2.45, 2.75) is 44.9 Å². The van der Waals surface area contributed by atoms with E-state index in [0.29, 0.717) is 5.41 Å². The minimum Gasteiger partial charge on any atom is -0.325 e. The number of rotatable bonds is 3. The Morgan fingerprint density at radius 3 is 2.32 bits per heavy atom. The van der Waals surface area contributed by atoms with Crippen LogP contribution >= 0.6 is 38.5 Å². The largest absolute Gasteiger partial charge is 0.325 e. The van der Waals surface area contributed by atoms with Crippen molar-refractivity contribution in [1.29, 1.82) is 0 Å². The smallest absolute Gasteiger partial charge is 0.224 e. The summed E-state index contributed by atoms with van der Waals surface area (Å²) in [6, 6.07) is 6.02. The molecule has 1 aromatic rings. The number of halogens is 2. The summed E-state index contributed by atoms with van der Waals surface area (Å²) >= 11 is 5.75. The maximum atomic E-state index is 12.6. The highest BCUT2D eigenvalue weighted by atomic mass is 127. The lowest BCUT2D eigenvalue weighted by atomic mass is 9.49. The Bertz CT molecular complexity index is 580. The van der Waals surface area contributed by atoms with Gasteiger partial charge in [-0.25, -0.2) is 0 Å². The third-order valence-corrected chi connectivity index (χ3v) is 7.29. The van der Waals surface area contributed by atoms with E-state index >= 15 is 0 Å². The molecule has 4 aliphatic carbocycles. The van der Waals surface area contributed by atoms with Crippen LogP contribution in [0.5, 0.6) is 0 Å². The quantitative estimate of drug-likeness (QED) is 0.569. The van der Waals surface area contributed by atoms with Crippen LogP contribution in [0.3, 0.4) is 0 Å². The number of amides is 1. The van der Waals surface area contributed by atoms with Gasteiger partial charge in [-0.15, -0.1) is 0 Å². The fourth-order valence-corrected chi connectivity index (χ4v) is 7.07. The van der Waals surface area contributed by atoms with Crippen molar-refractivity contribution >= 4 is 50.1 Å². The van der Waals surface area contributed by atoms with E-state index in [0.717, 1.165) is 37.9 Å². The second-order valence-corrected chi connectivity index (χ2v) is 9.84. The first-order valence-electron chi connectivity index (χ1n) is 8.26. The molecule has 5 rings (SSSR count). The van der Waals surface area contributed by atoms with E-state index in [-0.39, 0.29) is 5.91 Å². The highest BCUT2D eigenvalue weighted by Gasteiger charge is 2.51. The summed E-state index contributed by atoms with van der Waals surface area (Å²) in [5.74, 6) is 2.94. The number of hydrogen-bond donors (Lipinski definition) is 1. The molecule has 0 heterocycles. The molecule has 1 N–H and O–H groups in total. The van der Waals surface area contributed by atoms with Gasteiger partial charge in [0.05, 0.1) is 5.69 Å². The number of nitrogens with one attached hydrogen (secondary N) is 1. The van der Waals surface area contributed by atoms with Crippen LogP contribution in [0.4, 0.5) is 5.69 Å². The molecule has 0 saturated heterocycles. The zero-order valence-corrected chi connectivity index (χ0v) is 16.3. The lowest BCUT2D eigenvalue weighted by molar-refractivity contribution is -0.124. The molecule has 118 valence electrons. The van der Waals surface area contributed by atoms with Crippen molar-refractivity contribution in [1.82, 2.24) is 0 Å². The van der Waals surface area contributed by atoms with Gasteiger partial charge in [-0.2, -0.15) is 0 Å². The molecule has 4 fully saturated rings. The van der Waals surface area contributed by atoms with Crippen molar-refractivity contribution < 1.29 is 4.79 Å². The van der Waals surface area contributed by atoms with Gasteiger partial charge >= 0.3 is 0 Å². The van der Waals surface area contributed by atoms with Crippen LogP contribution < -0.4 is 5.32 Å². The highest BCUT2D eigenvalue weighted by molar-refractivity contribution is 14.1. The van der Waals surface area contributed by atoms with Gasteiger partial charge in [-0.1, -0.05) is 15.9 Å². The molecule has 0 unspecified atom stereocenters. The average molecular weight is 474 g/mol. The fourth-order valence-electron chi connectivity index (χ4n) is 5.63. The van der Waals surface area contributed by atoms with Crippen LogP contribution in [0.1, 0.15) is 44.9 Å². The van der Waals surface area contributed by atoms with Crippen molar-refractivity contribution in [3.05, 3.63) is 26.2 Å². The first-order chi connectivity index (χ1) is 10.5. The molecule has 4 heteroatoms. The first-order valence-corrected chi connectivity index (χ1v) is 10.1. The Morgan fingerprint density at radius 1 is 1.18 bits per heavy atom. The Kier molecular flexibility index (Phi) is 4.04. The van der Waals surface area contributed by atoms with Gasteiger partial charge in [0.2, 0.25) is 5.91 Å². The van der Waals surface area contributed by atoms with E-state index in [1.807, 2.05) is 18.2 Å². The minimum absolute atomic E-state index is 0.210. The maximum absolute atomic E-state index is 12.6. The first kappa shape index (κ1) is 15.4. The zero-order chi connectivity index (χ0) is 15.3. The van der Waals surface area contributed by atoms with E-state index in [1.165, 1.54) is 38.5 Å². The summed E-state index contributed by atoms with van der Waals surface area (Å²) in [6.45, 7) is 0. The standard InChI is InChI=1S/C18H21BrINO/c19-14-1-2-16(15(20)6-14)21-17(22)10-18-7-11-3-12(8-18)5-13(4-11)9-18/h1-2,6,11-13H,3-5,7-10H2,(H,21,22). The summed E-state index contributed by atoms with van der Waals surface area (Å²) in [5.41, 5.74) is 1.26. The zero-order valence-electron chi connectivity index (χ0n) is 12.6. The topological polar surface area (TPSA) is 29.1 Å². The van der Waals surface area contributed by atoms with Gasteiger partial charge in [0.15, 0.2) is 0 Å². The molecule has 22 heavy (non-hydrogen) atoms. The summed E-state index contributed by atoms with van der Waals surface area (Å²) in [7, 11) is 0. The molecular formula is C18H21BrINO. The summed E-state index contributed by atoms with van der Waals surface area (Å²) in [6.07, 6.45) is 8.92. The number of hydrogen-bond acceptors (Lipinski definition) is 1. The van der Waals surface area contributed by atoms with Crippen LogP contribution in [0, 0.1) is 26.7 Å². The van der Waals surface area contributed by atoms with E-state index in [4.69, 9.17) is 0 Å². The van der Waals surface area contributed by atoms with Gasteiger partial charge in [-0.05, 0) is 102 Å². The molecule has 4 aliphatic rings. The van der Waals surface area contributed by atoms with Crippen LogP contribution in [0.2, 0.25) is 0 Å². The van der Waals surface area contributed by atoms with Crippen molar-refractivity contribution in [3.8, 4) is 0 Å². The molecule has 0 radical (unpaired) electrons. The van der Waals surface area contributed by atoms with Gasteiger partial charge in [0, 0.05) is 14.5 Å². The summed E-state index contributed by atoms with van der Waals surface area (Å²) in [4.78, 5) is 12.6. The molecule has 0 aromatic heterocycles. The number of anilines is 1. The highest BCUT2D eigenvalue weighted by Crippen LogP contribution is 2.61. The van der Waals surface area contributed by atoms with Crippen LogP contribution in [0.25, 0.3) is 0 Å². The average Bonchev–Trinajstić information content (AvgIpc) is 2.39.